The Hall–Kier alpha value is -0.120. The van der Waals surface area contributed by atoms with E-state index in [-0.39, 0.29) is 5.60 Å². The van der Waals surface area contributed by atoms with Crippen LogP contribution in [-0.2, 0) is 4.74 Å². The fourth-order valence-electron chi connectivity index (χ4n) is 4.15. The molecule has 0 spiro atoms. The summed E-state index contributed by atoms with van der Waals surface area (Å²) >= 11 is 0. The SMILES string of the molecule is CCNC(CCC(C)(C)OC)C1CC2CCC(C1)N2C. The highest BCUT2D eigenvalue weighted by atomic mass is 16.5. The Balaban J connectivity index is 1.92. The van der Waals surface area contributed by atoms with Gasteiger partial charge in [0.2, 0.25) is 0 Å². The third-order valence-electron chi connectivity index (χ3n) is 5.78. The van der Waals surface area contributed by atoms with Gasteiger partial charge in [-0.1, -0.05) is 6.92 Å². The van der Waals surface area contributed by atoms with Crippen molar-refractivity contribution in [2.75, 3.05) is 20.7 Å². The molecular weight excluding hydrogens is 248 g/mol. The van der Waals surface area contributed by atoms with Crippen LogP contribution in [0.3, 0.4) is 0 Å². The van der Waals surface area contributed by atoms with Gasteiger partial charge in [-0.05, 0) is 71.9 Å². The van der Waals surface area contributed by atoms with Crippen LogP contribution in [0.5, 0.6) is 0 Å². The Morgan fingerprint density at radius 2 is 1.85 bits per heavy atom. The zero-order valence-electron chi connectivity index (χ0n) is 14.1. The van der Waals surface area contributed by atoms with Crippen LogP contribution >= 0.6 is 0 Å². The molecule has 0 aromatic carbocycles. The molecule has 3 atom stereocenters. The largest absolute Gasteiger partial charge is 0.379 e. The van der Waals surface area contributed by atoms with Gasteiger partial charge in [0.05, 0.1) is 5.60 Å². The summed E-state index contributed by atoms with van der Waals surface area (Å²) in [6.07, 6.45) is 7.99. The highest BCUT2D eigenvalue weighted by molar-refractivity contribution is 4.96. The van der Waals surface area contributed by atoms with Gasteiger partial charge in [-0.15, -0.1) is 0 Å². The van der Waals surface area contributed by atoms with Crippen LogP contribution in [0, 0.1) is 5.92 Å². The lowest BCUT2D eigenvalue weighted by molar-refractivity contribution is 0.00790. The molecule has 3 nitrogen and oxygen atoms in total. The highest BCUT2D eigenvalue weighted by Gasteiger charge is 2.40. The van der Waals surface area contributed by atoms with Crippen LogP contribution in [0.1, 0.15) is 59.3 Å². The number of ether oxygens (including phenoxy) is 1. The van der Waals surface area contributed by atoms with Crippen LogP contribution < -0.4 is 5.32 Å². The van der Waals surface area contributed by atoms with Crippen LogP contribution in [0.25, 0.3) is 0 Å². The summed E-state index contributed by atoms with van der Waals surface area (Å²) < 4.78 is 5.59. The van der Waals surface area contributed by atoms with Gasteiger partial charge in [0.1, 0.15) is 0 Å². The van der Waals surface area contributed by atoms with E-state index in [2.05, 4.69) is 38.0 Å². The highest BCUT2D eigenvalue weighted by Crippen LogP contribution is 2.39. The Bertz CT molecular complexity index is 291. The first-order valence-electron chi connectivity index (χ1n) is 8.47. The standard InChI is InChI=1S/C17H34N2O/c1-6-18-16(9-10-17(2,3)20-5)13-11-14-7-8-15(12-13)19(14)4/h13-16,18H,6-12H2,1-5H3. The van der Waals surface area contributed by atoms with Crippen molar-refractivity contribution in [3.05, 3.63) is 0 Å². The van der Waals surface area contributed by atoms with E-state index in [1.807, 2.05) is 7.11 Å². The Morgan fingerprint density at radius 3 is 2.35 bits per heavy atom. The zero-order chi connectivity index (χ0) is 14.8. The number of nitrogens with zero attached hydrogens (tertiary/aromatic N) is 1. The molecule has 2 saturated heterocycles. The Labute approximate surface area is 125 Å². The van der Waals surface area contributed by atoms with Gasteiger partial charge >= 0.3 is 0 Å². The van der Waals surface area contributed by atoms with Gasteiger partial charge in [-0.3, -0.25) is 0 Å². The molecule has 2 aliphatic rings. The lowest BCUT2D eigenvalue weighted by Gasteiger charge is -2.40. The first-order chi connectivity index (χ1) is 9.46. The maximum atomic E-state index is 5.59. The molecule has 0 aromatic heterocycles. The van der Waals surface area contributed by atoms with Crippen molar-refractivity contribution in [2.45, 2.75) is 83.0 Å². The smallest absolute Gasteiger partial charge is 0.0623 e. The molecule has 0 aliphatic carbocycles. The molecule has 3 heteroatoms. The number of piperidine rings is 1. The minimum atomic E-state index is 0.0120. The molecule has 0 radical (unpaired) electrons. The van der Waals surface area contributed by atoms with Gasteiger partial charge in [-0.25, -0.2) is 0 Å². The number of hydrogen-bond donors (Lipinski definition) is 1. The van der Waals surface area contributed by atoms with Crippen LogP contribution in [0.15, 0.2) is 0 Å². The predicted molar refractivity (Wildman–Crippen MR) is 85.1 cm³/mol. The first kappa shape index (κ1) is 16.3. The molecule has 2 rings (SSSR count). The van der Waals surface area contributed by atoms with Crippen molar-refractivity contribution in [1.82, 2.24) is 10.2 Å². The van der Waals surface area contributed by atoms with Gasteiger partial charge in [0.25, 0.3) is 0 Å². The molecule has 3 unspecified atom stereocenters. The van der Waals surface area contributed by atoms with Crippen molar-refractivity contribution in [1.29, 1.82) is 0 Å². The van der Waals surface area contributed by atoms with Gasteiger partial charge in [0, 0.05) is 25.2 Å². The van der Waals surface area contributed by atoms with E-state index in [9.17, 15) is 0 Å². The average Bonchev–Trinajstić information content (AvgIpc) is 2.66. The number of hydrogen-bond acceptors (Lipinski definition) is 3. The molecule has 2 heterocycles. The monoisotopic (exact) mass is 282 g/mol. The molecule has 20 heavy (non-hydrogen) atoms. The molecule has 2 fully saturated rings. The fourth-order valence-corrected chi connectivity index (χ4v) is 4.15. The molecule has 0 aromatic rings. The maximum Gasteiger partial charge on any atom is 0.0623 e. The van der Waals surface area contributed by atoms with Crippen molar-refractivity contribution in [2.24, 2.45) is 5.92 Å². The minimum Gasteiger partial charge on any atom is -0.379 e. The number of fused-ring (bicyclic) bond motifs is 2. The van der Waals surface area contributed by atoms with E-state index >= 15 is 0 Å². The summed E-state index contributed by atoms with van der Waals surface area (Å²) in [5.41, 5.74) is 0.0120. The van der Waals surface area contributed by atoms with Gasteiger partial charge in [-0.2, -0.15) is 0 Å². The summed E-state index contributed by atoms with van der Waals surface area (Å²) in [6.45, 7) is 7.72. The third kappa shape index (κ3) is 3.75. The maximum absolute atomic E-state index is 5.59. The molecular formula is C17H34N2O. The molecule has 1 N–H and O–H groups in total. The van der Waals surface area contributed by atoms with Crippen molar-refractivity contribution >= 4 is 0 Å². The van der Waals surface area contributed by atoms with E-state index in [1.165, 1.54) is 32.1 Å². The summed E-state index contributed by atoms with van der Waals surface area (Å²) in [7, 11) is 4.16. The topological polar surface area (TPSA) is 24.5 Å². The summed E-state index contributed by atoms with van der Waals surface area (Å²) in [5.74, 6) is 0.858. The Kier molecular flexibility index (Phi) is 5.49. The first-order valence-corrected chi connectivity index (χ1v) is 8.47. The summed E-state index contributed by atoms with van der Waals surface area (Å²) in [6, 6.07) is 2.36. The fraction of sp³-hybridized carbons (Fsp3) is 1.00. The number of methoxy groups -OCH3 is 1. The van der Waals surface area contributed by atoms with Crippen molar-refractivity contribution in [3.8, 4) is 0 Å². The minimum absolute atomic E-state index is 0.0120. The zero-order valence-corrected chi connectivity index (χ0v) is 14.1. The predicted octanol–water partition coefficient (Wildman–Crippen LogP) is 3.04. The molecule has 118 valence electrons. The van der Waals surface area contributed by atoms with E-state index in [0.717, 1.165) is 31.0 Å². The molecule has 2 aliphatic heterocycles. The van der Waals surface area contributed by atoms with E-state index in [1.54, 1.807) is 0 Å². The second-order valence-corrected chi connectivity index (χ2v) is 7.45. The van der Waals surface area contributed by atoms with Crippen LogP contribution in [-0.4, -0.2) is 49.3 Å². The quantitative estimate of drug-likeness (QED) is 0.777. The van der Waals surface area contributed by atoms with Crippen LogP contribution in [0.4, 0.5) is 0 Å². The van der Waals surface area contributed by atoms with E-state index in [4.69, 9.17) is 4.74 Å². The Morgan fingerprint density at radius 1 is 1.25 bits per heavy atom. The van der Waals surface area contributed by atoms with E-state index < -0.39 is 0 Å². The molecule has 2 bridgehead atoms. The second-order valence-electron chi connectivity index (χ2n) is 7.45. The van der Waals surface area contributed by atoms with Crippen molar-refractivity contribution in [3.63, 3.8) is 0 Å². The third-order valence-corrected chi connectivity index (χ3v) is 5.78. The lowest BCUT2D eigenvalue weighted by Crippen LogP contribution is -2.47. The normalized spacial score (nSPS) is 32.5. The number of rotatable bonds is 7. The van der Waals surface area contributed by atoms with Crippen LogP contribution in [0.2, 0.25) is 0 Å². The van der Waals surface area contributed by atoms with Crippen molar-refractivity contribution < 1.29 is 4.74 Å². The van der Waals surface area contributed by atoms with Gasteiger partial charge < -0.3 is 15.0 Å². The van der Waals surface area contributed by atoms with E-state index in [0.29, 0.717) is 6.04 Å². The summed E-state index contributed by atoms with van der Waals surface area (Å²) in [4.78, 5) is 2.64. The second kappa shape index (κ2) is 6.76. The lowest BCUT2D eigenvalue weighted by atomic mass is 9.82. The average molecular weight is 282 g/mol. The molecule has 0 saturated carbocycles. The molecule has 0 amide bonds. The van der Waals surface area contributed by atoms with Gasteiger partial charge in [0.15, 0.2) is 0 Å². The summed E-state index contributed by atoms with van der Waals surface area (Å²) in [5, 5.41) is 3.76. The number of nitrogens with one attached hydrogen (secondary N) is 1.